The van der Waals surface area contributed by atoms with E-state index in [-0.39, 0.29) is 0 Å². The number of para-hydroxylation sites is 1. The van der Waals surface area contributed by atoms with E-state index >= 15 is 0 Å². The van der Waals surface area contributed by atoms with E-state index in [1.54, 1.807) is 7.11 Å². The monoisotopic (exact) mass is 446 g/mol. The Balaban J connectivity index is 1.76. The first-order valence-electron chi connectivity index (χ1n) is 9.03. The number of H-pyrrole nitrogens is 1. The number of aromatic nitrogens is 1. The summed E-state index contributed by atoms with van der Waals surface area (Å²) in [5.41, 5.74) is 2.87. The Morgan fingerprint density at radius 2 is 2.04 bits per heavy atom. The van der Waals surface area contributed by atoms with E-state index in [1.807, 2.05) is 49.5 Å². The highest BCUT2D eigenvalue weighted by Crippen LogP contribution is 2.33. The predicted octanol–water partition coefficient (Wildman–Crippen LogP) is 4.12. The molecule has 0 aliphatic rings. The smallest absolute Gasteiger partial charge is 0.321 e. The molecule has 3 N–H and O–H groups in total. The van der Waals surface area contributed by atoms with Crippen LogP contribution in [0.15, 0.2) is 47.1 Å². The van der Waals surface area contributed by atoms with Crippen LogP contribution < -0.4 is 14.8 Å². The van der Waals surface area contributed by atoms with Gasteiger partial charge in [-0.2, -0.15) is 0 Å². The van der Waals surface area contributed by atoms with Gasteiger partial charge in [0, 0.05) is 34.5 Å². The molecule has 7 heteroatoms. The Bertz CT molecular complexity index is 970. The number of ether oxygens (including phenoxy) is 2. The number of methoxy groups -OCH3 is 1. The number of aromatic amines is 1. The van der Waals surface area contributed by atoms with E-state index in [9.17, 15) is 9.90 Å². The van der Waals surface area contributed by atoms with Gasteiger partial charge in [0.1, 0.15) is 6.04 Å². The van der Waals surface area contributed by atoms with Gasteiger partial charge in [-0.25, -0.2) is 0 Å². The van der Waals surface area contributed by atoms with Gasteiger partial charge in [-0.05, 0) is 36.2 Å². The summed E-state index contributed by atoms with van der Waals surface area (Å²) in [5.74, 6) is 0.374. The van der Waals surface area contributed by atoms with E-state index in [4.69, 9.17) is 9.47 Å². The average molecular weight is 447 g/mol. The molecule has 3 aromatic rings. The van der Waals surface area contributed by atoms with Gasteiger partial charge >= 0.3 is 5.97 Å². The second-order valence-corrected chi connectivity index (χ2v) is 7.22. The first-order chi connectivity index (χ1) is 13.5. The number of hydrogen-bond donors (Lipinski definition) is 3. The topological polar surface area (TPSA) is 83.6 Å². The maximum Gasteiger partial charge on any atom is 0.321 e. The molecule has 1 aromatic heterocycles. The Morgan fingerprint density at radius 3 is 2.75 bits per heavy atom. The number of carboxylic acid groups (broad SMARTS) is 1. The molecular formula is C21H23BrN2O4. The highest BCUT2D eigenvalue weighted by Gasteiger charge is 2.20. The molecule has 1 heterocycles. The van der Waals surface area contributed by atoms with Crippen molar-refractivity contribution in [3.05, 3.63) is 58.2 Å². The van der Waals surface area contributed by atoms with Gasteiger partial charge in [0.25, 0.3) is 0 Å². The van der Waals surface area contributed by atoms with Crippen molar-refractivity contribution < 1.29 is 19.4 Å². The maximum absolute atomic E-state index is 11.8. The lowest BCUT2D eigenvalue weighted by molar-refractivity contribution is -0.139. The zero-order chi connectivity index (χ0) is 20.1. The average Bonchev–Trinajstić information content (AvgIpc) is 3.09. The molecule has 148 valence electrons. The largest absolute Gasteiger partial charge is 0.493 e. The Hall–Kier alpha value is -2.51. The Labute approximate surface area is 172 Å². The van der Waals surface area contributed by atoms with Crippen LogP contribution >= 0.6 is 15.9 Å². The molecule has 0 saturated heterocycles. The fourth-order valence-corrected chi connectivity index (χ4v) is 3.60. The van der Waals surface area contributed by atoms with Gasteiger partial charge in [-0.1, -0.05) is 34.1 Å². The summed E-state index contributed by atoms with van der Waals surface area (Å²) in [6.07, 6.45) is 2.25. The molecule has 0 aliphatic carbocycles. The van der Waals surface area contributed by atoms with Crippen molar-refractivity contribution >= 4 is 32.8 Å². The second-order valence-electron chi connectivity index (χ2n) is 6.36. The van der Waals surface area contributed by atoms with Gasteiger partial charge in [-0.3, -0.25) is 10.1 Å². The first-order valence-corrected chi connectivity index (χ1v) is 9.83. The lowest BCUT2D eigenvalue weighted by atomic mass is 10.0. The number of hydrogen-bond acceptors (Lipinski definition) is 4. The van der Waals surface area contributed by atoms with Crippen LogP contribution in [0.5, 0.6) is 11.5 Å². The number of carboxylic acids is 1. The zero-order valence-electron chi connectivity index (χ0n) is 15.8. The van der Waals surface area contributed by atoms with Crippen LogP contribution in [0.4, 0.5) is 0 Å². The van der Waals surface area contributed by atoms with Gasteiger partial charge in [0.05, 0.1) is 13.7 Å². The third-order valence-corrected chi connectivity index (χ3v) is 5.31. The van der Waals surface area contributed by atoms with Crippen molar-refractivity contribution in [3.63, 3.8) is 0 Å². The fourth-order valence-electron chi connectivity index (χ4n) is 3.14. The van der Waals surface area contributed by atoms with Crippen molar-refractivity contribution in [2.75, 3.05) is 13.7 Å². The third-order valence-electron chi connectivity index (χ3n) is 4.57. The summed E-state index contributed by atoms with van der Waals surface area (Å²) in [6.45, 7) is 2.82. The molecule has 1 atom stereocenters. The van der Waals surface area contributed by atoms with Crippen LogP contribution in [-0.2, 0) is 17.8 Å². The van der Waals surface area contributed by atoms with Gasteiger partial charge in [0.15, 0.2) is 11.5 Å². The van der Waals surface area contributed by atoms with Crippen LogP contribution in [0.25, 0.3) is 10.9 Å². The van der Waals surface area contributed by atoms with Crippen molar-refractivity contribution in [1.82, 2.24) is 10.3 Å². The third kappa shape index (κ3) is 4.48. The van der Waals surface area contributed by atoms with E-state index in [1.165, 1.54) is 0 Å². The lowest BCUT2D eigenvalue weighted by Crippen LogP contribution is -2.38. The van der Waals surface area contributed by atoms with Gasteiger partial charge in [-0.15, -0.1) is 0 Å². The van der Waals surface area contributed by atoms with Crippen molar-refractivity contribution in [1.29, 1.82) is 0 Å². The summed E-state index contributed by atoms with van der Waals surface area (Å²) < 4.78 is 11.8. The van der Waals surface area contributed by atoms with Gasteiger partial charge in [0.2, 0.25) is 0 Å². The number of carbonyl (C=O) groups is 1. The minimum atomic E-state index is -0.890. The number of nitrogens with one attached hydrogen (secondary N) is 2. The number of benzene rings is 2. The summed E-state index contributed by atoms with van der Waals surface area (Å²) in [6, 6.07) is 10.8. The normalized spacial score (nSPS) is 12.1. The van der Waals surface area contributed by atoms with E-state index < -0.39 is 12.0 Å². The highest BCUT2D eigenvalue weighted by atomic mass is 79.9. The summed E-state index contributed by atoms with van der Waals surface area (Å²) in [5, 5.41) is 13.9. The predicted molar refractivity (Wildman–Crippen MR) is 112 cm³/mol. The standard InChI is InChI=1S/C21H23BrN2O4/c1-3-28-20-10-16(22)14(9-19(20)27-2)12-24-18(21(25)26)8-13-11-23-17-7-5-4-6-15(13)17/h4-7,9-11,18,23-24H,3,8,12H2,1-2H3,(H,25,26). The van der Waals surface area contributed by atoms with Crippen LogP contribution in [0.3, 0.4) is 0 Å². The SMILES string of the molecule is CCOc1cc(Br)c(CNC(Cc2c[nH]c3ccccc23)C(=O)O)cc1OC. The molecule has 0 fully saturated rings. The van der Waals surface area contributed by atoms with E-state index in [0.717, 1.165) is 26.5 Å². The Kier molecular flexibility index (Phi) is 6.59. The van der Waals surface area contributed by atoms with E-state index in [0.29, 0.717) is 31.1 Å². The van der Waals surface area contributed by atoms with Crippen LogP contribution in [0.2, 0.25) is 0 Å². The summed E-state index contributed by atoms with van der Waals surface area (Å²) in [7, 11) is 1.58. The zero-order valence-corrected chi connectivity index (χ0v) is 17.4. The molecule has 3 rings (SSSR count). The number of rotatable bonds is 9. The molecule has 0 amide bonds. The van der Waals surface area contributed by atoms with Crippen molar-refractivity contribution in [2.45, 2.75) is 25.9 Å². The fraction of sp³-hybridized carbons (Fsp3) is 0.286. The van der Waals surface area contributed by atoms with Gasteiger partial charge < -0.3 is 19.6 Å². The van der Waals surface area contributed by atoms with Crippen molar-refractivity contribution in [3.8, 4) is 11.5 Å². The number of halogens is 1. The molecule has 1 unspecified atom stereocenters. The minimum Gasteiger partial charge on any atom is -0.493 e. The highest BCUT2D eigenvalue weighted by molar-refractivity contribution is 9.10. The first kappa shape index (κ1) is 20.2. The van der Waals surface area contributed by atoms with Crippen LogP contribution in [0, 0.1) is 0 Å². The molecular weight excluding hydrogens is 424 g/mol. The Morgan fingerprint density at radius 1 is 1.25 bits per heavy atom. The maximum atomic E-state index is 11.8. The molecule has 0 radical (unpaired) electrons. The van der Waals surface area contributed by atoms with E-state index in [2.05, 4.69) is 26.2 Å². The second kappa shape index (κ2) is 9.12. The molecule has 6 nitrogen and oxygen atoms in total. The van der Waals surface area contributed by atoms with Crippen molar-refractivity contribution in [2.24, 2.45) is 0 Å². The number of aliphatic carboxylic acids is 1. The van der Waals surface area contributed by atoms with Crippen LogP contribution in [0.1, 0.15) is 18.1 Å². The molecule has 0 spiro atoms. The summed E-state index contributed by atoms with van der Waals surface area (Å²) in [4.78, 5) is 15.0. The molecule has 0 bridgehead atoms. The molecule has 2 aromatic carbocycles. The molecule has 0 aliphatic heterocycles. The van der Waals surface area contributed by atoms with Crippen LogP contribution in [-0.4, -0.2) is 35.8 Å². The quantitative estimate of drug-likeness (QED) is 0.460. The minimum absolute atomic E-state index is 0.378. The molecule has 28 heavy (non-hydrogen) atoms. The molecule has 0 saturated carbocycles. The number of fused-ring (bicyclic) bond motifs is 1. The lowest BCUT2D eigenvalue weighted by Gasteiger charge is -2.17. The summed E-state index contributed by atoms with van der Waals surface area (Å²) >= 11 is 3.53.